The molecule has 0 aliphatic carbocycles. The molecule has 10 heteroatoms. The van der Waals surface area contributed by atoms with Crippen LogP contribution in [0.5, 0.6) is 11.5 Å². The number of aromatic nitrogens is 1. The van der Waals surface area contributed by atoms with Crippen molar-refractivity contribution in [3.8, 4) is 11.5 Å². The van der Waals surface area contributed by atoms with Gasteiger partial charge in [-0.1, -0.05) is 41.2 Å². The molecule has 0 saturated heterocycles. The van der Waals surface area contributed by atoms with Gasteiger partial charge in [0.25, 0.3) is 0 Å². The molecule has 0 amide bonds. The van der Waals surface area contributed by atoms with E-state index in [2.05, 4.69) is 15.5 Å². The maximum absolute atomic E-state index is 11.7. The summed E-state index contributed by atoms with van der Waals surface area (Å²) in [7, 11) is 1.42. The first-order valence-electron chi connectivity index (χ1n) is 9.60. The molecule has 1 N–H and O–H groups in total. The average Bonchev–Trinajstić information content (AvgIpc) is 3.13. The molecule has 0 aliphatic rings. The second-order valence-corrected chi connectivity index (χ2v) is 7.96. The number of methoxy groups -OCH3 is 1. The third kappa shape index (κ3) is 5.46. The van der Waals surface area contributed by atoms with E-state index in [-0.39, 0.29) is 29.6 Å². The Bertz CT molecular complexity index is 1170. The molecule has 3 rings (SSSR count). The number of aryl methyl sites for hydroxylation is 2. The van der Waals surface area contributed by atoms with Gasteiger partial charge in [0.1, 0.15) is 6.61 Å². The first kappa shape index (κ1) is 22.9. The van der Waals surface area contributed by atoms with Crippen LogP contribution < -0.4 is 14.9 Å². The molecule has 166 valence electrons. The predicted molar refractivity (Wildman–Crippen MR) is 123 cm³/mol. The number of hydrogen-bond donors (Lipinski definition) is 1. The van der Waals surface area contributed by atoms with Gasteiger partial charge >= 0.3 is 5.69 Å². The van der Waals surface area contributed by atoms with E-state index in [9.17, 15) is 14.9 Å². The fourth-order valence-corrected chi connectivity index (χ4v) is 3.70. The van der Waals surface area contributed by atoms with Gasteiger partial charge in [0.2, 0.25) is 10.9 Å². The number of thiazole rings is 1. The summed E-state index contributed by atoms with van der Waals surface area (Å²) >= 11 is 1.19. The molecule has 0 radical (unpaired) electrons. The van der Waals surface area contributed by atoms with Crippen LogP contribution in [0, 0.1) is 24.0 Å². The summed E-state index contributed by atoms with van der Waals surface area (Å²) in [4.78, 5) is 27.5. The van der Waals surface area contributed by atoms with E-state index in [0.717, 1.165) is 11.1 Å². The Balaban J connectivity index is 1.81. The number of rotatable bonds is 9. The number of nitro benzene ring substituents is 1. The van der Waals surface area contributed by atoms with Crippen LogP contribution in [0.4, 0.5) is 10.8 Å². The zero-order valence-electron chi connectivity index (χ0n) is 18.0. The summed E-state index contributed by atoms with van der Waals surface area (Å²) in [6.07, 6.45) is 1.41. The standard InChI is InChI=1S/C22H22N4O5S/c1-13-5-7-16(8-6-13)12-31-20-18(26(28)29)9-17(10-19(20)30-4)11-23-25-22-24-14(2)21(32-22)15(3)27/h5-11H,12H2,1-4H3,(H,24,25)/b23-11-. The molecule has 0 fully saturated rings. The molecule has 2 aromatic carbocycles. The molecule has 0 aliphatic heterocycles. The van der Waals surface area contributed by atoms with Crippen molar-refractivity contribution < 1.29 is 19.2 Å². The number of nitro groups is 1. The Kier molecular flexibility index (Phi) is 7.16. The second-order valence-electron chi connectivity index (χ2n) is 6.96. The summed E-state index contributed by atoms with van der Waals surface area (Å²) in [6, 6.07) is 10.6. The van der Waals surface area contributed by atoms with E-state index in [1.54, 1.807) is 13.0 Å². The molecule has 1 aromatic heterocycles. The average molecular weight is 455 g/mol. The molecule has 1 heterocycles. The van der Waals surface area contributed by atoms with E-state index < -0.39 is 4.92 Å². The number of Topliss-reactive ketones (excluding diaryl/α,β-unsaturated/α-hetero) is 1. The monoisotopic (exact) mass is 454 g/mol. The molecule has 9 nitrogen and oxygen atoms in total. The first-order valence-corrected chi connectivity index (χ1v) is 10.4. The Hall–Kier alpha value is -3.79. The van der Waals surface area contributed by atoms with Crippen LogP contribution >= 0.6 is 11.3 Å². The largest absolute Gasteiger partial charge is 0.493 e. The van der Waals surface area contributed by atoms with E-state index in [0.29, 0.717) is 21.3 Å². The topological polar surface area (TPSA) is 116 Å². The lowest BCUT2D eigenvalue weighted by molar-refractivity contribution is -0.386. The van der Waals surface area contributed by atoms with Crippen LogP contribution in [0.2, 0.25) is 0 Å². The Morgan fingerprint density at radius 1 is 1.28 bits per heavy atom. The Morgan fingerprint density at radius 3 is 2.59 bits per heavy atom. The lowest BCUT2D eigenvalue weighted by Crippen LogP contribution is -2.03. The zero-order chi connectivity index (χ0) is 23.3. The number of anilines is 1. The SMILES string of the molecule is COc1cc(/C=N\Nc2nc(C)c(C(C)=O)s2)cc([N+](=O)[O-])c1OCc1ccc(C)cc1. The number of nitrogens with one attached hydrogen (secondary N) is 1. The van der Waals surface area contributed by atoms with Crippen molar-refractivity contribution in [2.24, 2.45) is 5.10 Å². The van der Waals surface area contributed by atoms with Gasteiger partial charge in [-0.15, -0.1) is 0 Å². The van der Waals surface area contributed by atoms with Crippen molar-refractivity contribution in [1.29, 1.82) is 0 Å². The molecule has 0 saturated carbocycles. The van der Waals surface area contributed by atoms with Gasteiger partial charge in [-0.2, -0.15) is 5.10 Å². The Labute approximate surface area is 188 Å². The van der Waals surface area contributed by atoms with Crippen molar-refractivity contribution in [2.45, 2.75) is 27.4 Å². The van der Waals surface area contributed by atoms with Gasteiger partial charge in [-0.3, -0.25) is 20.3 Å². The minimum absolute atomic E-state index is 0.0461. The van der Waals surface area contributed by atoms with Gasteiger partial charge in [0, 0.05) is 18.6 Å². The Morgan fingerprint density at radius 2 is 2.00 bits per heavy atom. The normalized spacial score (nSPS) is 10.9. The fourth-order valence-electron chi connectivity index (χ4n) is 2.89. The molecule has 32 heavy (non-hydrogen) atoms. The fraction of sp³-hybridized carbons (Fsp3) is 0.227. The quantitative estimate of drug-likeness (QED) is 0.211. The molecule has 3 aromatic rings. The number of nitrogens with zero attached hydrogens (tertiary/aromatic N) is 3. The van der Waals surface area contributed by atoms with Gasteiger partial charge in [0.15, 0.2) is 11.5 Å². The third-order valence-corrected chi connectivity index (χ3v) is 5.63. The van der Waals surface area contributed by atoms with E-state index in [1.165, 1.54) is 37.7 Å². The number of hydrogen-bond acceptors (Lipinski definition) is 9. The second kappa shape index (κ2) is 10.0. The third-order valence-electron chi connectivity index (χ3n) is 4.47. The minimum atomic E-state index is -0.527. The van der Waals surface area contributed by atoms with Crippen LogP contribution in [0.15, 0.2) is 41.5 Å². The van der Waals surface area contributed by atoms with Gasteiger partial charge < -0.3 is 9.47 Å². The summed E-state index contributed by atoms with van der Waals surface area (Å²) in [5.74, 6) is 0.195. The number of ether oxygens (including phenoxy) is 2. The summed E-state index contributed by atoms with van der Waals surface area (Å²) in [5.41, 5.74) is 5.55. The number of ketones is 1. The highest BCUT2D eigenvalue weighted by molar-refractivity contribution is 7.17. The highest BCUT2D eigenvalue weighted by atomic mass is 32.1. The van der Waals surface area contributed by atoms with Crippen molar-refractivity contribution in [1.82, 2.24) is 4.98 Å². The molecule has 0 spiro atoms. The van der Waals surface area contributed by atoms with Gasteiger partial charge in [0.05, 0.1) is 28.8 Å². The molecular weight excluding hydrogens is 432 g/mol. The van der Waals surface area contributed by atoms with Crippen molar-refractivity contribution in [3.05, 3.63) is 73.8 Å². The summed E-state index contributed by atoms with van der Waals surface area (Å²) in [5, 5.41) is 16.2. The molecule has 0 atom stereocenters. The number of benzene rings is 2. The van der Waals surface area contributed by atoms with E-state index in [4.69, 9.17) is 9.47 Å². The smallest absolute Gasteiger partial charge is 0.315 e. The maximum Gasteiger partial charge on any atom is 0.315 e. The number of hydrazone groups is 1. The lowest BCUT2D eigenvalue weighted by atomic mass is 10.1. The lowest BCUT2D eigenvalue weighted by Gasteiger charge is -2.12. The minimum Gasteiger partial charge on any atom is -0.493 e. The van der Waals surface area contributed by atoms with Crippen LogP contribution in [0.25, 0.3) is 0 Å². The van der Waals surface area contributed by atoms with Crippen LogP contribution in [-0.4, -0.2) is 29.0 Å². The number of carbonyl (C=O) groups excluding carboxylic acids is 1. The zero-order valence-corrected chi connectivity index (χ0v) is 18.9. The summed E-state index contributed by atoms with van der Waals surface area (Å²) < 4.78 is 11.1. The van der Waals surface area contributed by atoms with E-state index in [1.807, 2.05) is 31.2 Å². The molecule has 0 bridgehead atoms. The van der Waals surface area contributed by atoms with E-state index >= 15 is 0 Å². The van der Waals surface area contributed by atoms with Crippen LogP contribution in [-0.2, 0) is 6.61 Å². The highest BCUT2D eigenvalue weighted by Gasteiger charge is 2.22. The highest BCUT2D eigenvalue weighted by Crippen LogP contribution is 2.38. The van der Waals surface area contributed by atoms with Crippen molar-refractivity contribution in [2.75, 3.05) is 12.5 Å². The first-order chi connectivity index (χ1) is 15.3. The van der Waals surface area contributed by atoms with Gasteiger partial charge in [-0.25, -0.2) is 4.98 Å². The predicted octanol–water partition coefficient (Wildman–Crippen LogP) is 4.90. The van der Waals surface area contributed by atoms with Crippen LogP contribution in [0.1, 0.15) is 39.0 Å². The molecular formula is C22H22N4O5S. The molecule has 0 unspecified atom stereocenters. The van der Waals surface area contributed by atoms with Crippen molar-refractivity contribution >= 4 is 34.2 Å². The van der Waals surface area contributed by atoms with Crippen molar-refractivity contribution in [3.63, 3.8) is 0 Å². The van der Waals surface area contributed by atoms with Gasteiger partial charge in [-0.05, 0) is 25.5 Å². The van der Waals surface area contributed by atoms with Crippen LogP contribution in [0.3, 0.4) is 0 Å². The maximum atomic E-state index is 11.7. The number of carbonyl (C=O) groups is 1. The summed E-state index contributed by atoms with van der Waals surface area (Å²) in [6.45, 7) is 5.35.